The summed E-state index contributed by atoms with van der Waals surface area (Å²) in [6, 6.07) is 24.9. The van der Waals surface area contributed by atoms with Crippen LogP contribution in [0.15, 0.2) is 72.8 Å². The van der Waals surface area contributed by atoms with Gasteiger partial charge in [0.1, 0.15) is 5.75 Å². The summed E-state index contributed by atoms with van der Waals surface area (Å²) in [5, 5.41) is 0. The molecule has 0 spiro atoms. The van der Waals surface area contributed by atoms with E-state index in [-0.39, 0.29) is 18.1 Å². The van der Waals surface area contributed by atoms with Gasteiger partial charge in [-0.05, 0) is 60.7 Å². The highest BCUT2D eigenvalue weighted by Crippen LogP contribution is 2.35. The number of nitrogens with zero attached hydrogens (tertiary/aromatic N) is 1. The Morgan fingerprint density at radius 2 is 1.65 bits per heavy atom. The molecule has 0 bridgehead atoms. The topological polar surface area (TPSA) is 38.8 Å². The molecule has 1 atom stereocenters. The number of benzene rings is 3. The summed E-state index contributed by atoms with van der Waals surface area (Å²) in [5.41, 5.74) is 5.61. The van der Waals surface area contributed by atoms with Gasteiger partial charge in [-0.3, -0.25) is 4.90 Å². The second kappa shape index (κ2) is 9.36. The maximum absolute atomic E-state index is 12.7. The van der Waals surface area contributed by atoms with E-state index in [4.69, 9.17) is 9.47 Å². The number of rotatable bonds is 6. The molecule has 3 aromatic carbocycles. The SMILES string of the molecule is COc1ccc([C@@H]2Cc3ccccc3CN2Cc2ccccc2C(=O)OC(C)C)cc1. The molecule has 0 saturated carbocycles. The standard InChI is InChI=1S/C27H29NO3/c1-19(2)31-27(29)25-11-7-6-10-23(25)18-28-17-22-9-5-4-8-21(22)16-26(28)20-12-14-24(30-3)15-13-20/h4-15,19,26H,16-18H2,1-3H3/t26-/m0/s1. The van der Waals surface area contributed by atoms with Crippen molar-refractivity contribution in [2.24, 2.45) is 0 Å². The number of fused-ring (bicyclic) bond motifs is 1. The zero-order valence-corrected chi connectivity index (χ0v) is 18.4. The first-order valence-electron chi connectivity index (χ1n) is 10.8. The van der Waals surface area contributed by atoms with E-state index in [1.54, 1.807) is 7.11 Å². The van der Waals surface area contributed by atoms with E-state index in [1.807, 2.05) is 50.2 Å². The van der Waals surface area contributed by atoms with Crippen LogP contribution in [0.25, 0.3) is 0 Å². The maximum atomic E-state index is 12.7. The summed E-state index contributed by atoms with van der Waals surface area (Å²) in [4.78, 5) is 15.1. The average molecular weight is 416 g/mol. The van der Waals surface area contributed by atoms with Crippen LogP contribution < -0.4 is 4.74 Å². The lowest BCUT2D eigenvalue weighted by molar-refractivity contribution is 0.0374. The fraction of sp³-hybridized carbons (Fsp3) is 0.296. The predicted octanol–water partition coefficient (Wildman–Crippen LogP) is 5.56. The minimum Gasteiger partial charge on any atom is -0.497 e. The molecule has 0 amide bonds. The van der Waals surface area contributed by atoms with Crippen LogP contribution in [0.3, 0.4) is 0 Å². The van der Waals surface area contributed by atoms with Crippen molar-refractivity contribution in [3.05, 3.63) is 101 Å². The minimum atomic E-state index is -0.260. The number of hydrogen-bond donors (Lipinski definition) is 0. The molecule has 0 saturated heterocycles. The summed E-state index contributed by atoms with van der Waals surface area (Å²) < 4.78 is 10.8. The molecule has 0 radical (unpaired) electrons. The molecule has 31 heavy (non-hydrogen) atoms. The Kier molecular flexibility index (Phi) is 6.38. The van der Waals surface area contributed by atoms with Crippen molar-refractivity contribution in [2.75, 3.05) is 7.11 Å². The van der Waals surface area contributed by atoms with Gasteiger partial charge in [-0.1, -0.05) is 54.6 Å². The van der Waals surface area contributed by atoms with E-state index >= 15 is 0 Å². The van der Waals surface area contributed by atoms with Crippen molar-refractivity contribution in [3.63, 3.8) is 0 Å². The Labute approximate surface area is 184 Å². The quantitative estimate of drug-likeness (QED) is 0.494. The first kappa shape index (κ1) is 21.1. The number of methoxy groups -OCH3 is 1. The highest BCUT2D eigenvalue weighted by Gasteiger charge is 2.28. The molecule has 0 aromatic heterocycles. The van der Waals surface area contributed by atoms with Crippen LogP contribution in [0.1, 0.15) is 52.5 Å². The Morgan fingerprint density at radius 3 is 2.35 bits per heavy atom. The van der Waals surface area contributed by atoms with Gasteiger partial charge in [0.2, 0.25) is 0 Å². The first-order chi connectivity index (χ1) is 15.0. The molecule has 0 fully saturated rings. The molecule has 4 rings (SSSR count). The van der Waals surface area contributed by atoms with E-state index in [0.29, 0.717) is 12.1 Å². The lowest BCUT2D eigenvalue weighted by Crippen LogP contribution is -2.34. The van der Waals surface area contributed by atoms with Crippen molar-refractivity contribution >= 4 is 5.97 Å². The third-order valence-corrected chi connectivity index (χ3v) is 5.80. The van der Waals surface area contributed by atoms with Gasteiger partial charge in [0.15, 0.2) is 0 Å². The van der Waals surface area contributed by atoms with Crippen LogP contribution in [0.5, 0.6) is 5.75 Å². The van der Waals surface area contributed by atoms with Gasteiger partial charge in [-0.2, -0.15) is 0 Å². The second-order valence-electron chi connectivity index (χ2n) is 8.28. The zero-order chi connectivity index (χ0) is 21.8. The van der Waals surface area contributed by atoms with Gasteiger partial charge in [0.25, 0.3) is 0 Å². The van der Waals surface area contributed by atoms with Crippen molar-refractivity contribution in [1.29, 1.82) is 0 Å². The molecule has 3 aromatic rings. The zero-order valence-electron chi connectivity index (χ0n) is 18.4. The van der Waals surface area contributed by atoms with Gasteiger partial charge >= 0.3 is 5.97 Å². The first-order valence-corrected chi connectivity index (χ1v) is 10.8. The highest BCUT2D eigenvalue weighted by molar-refractivity contribution is 5.91. The van der Waals surface area contributed by atoms with Crippen molar-refractivity contribution in [3.8, 4) is 5.75 Å². The number of esters is 1. The molecule has 1 aliphatic heterocycles. The lowest BCUT2D eigenvalue weighted by Gasteiger charge is -2.37. The van der Waals surface area contributed by atoms with E-state index in [1.165, 1.54) is 16.7 Å². The summed E-state index contributed by atoms with van der Waals surface area (Å²) in [7, 11) is 1.69. The fourth-order valence-electron chi connectivity index (χ4n) is 4.25. The second-order valence-corrected chi connectivity index (χ2v) is 8.28. The van der Waals surface area contributed by atoms with E-state index in [0.717, 1.165) is 24.3 Å². The summed E-state index contributed by atoms with van der Waals surface area (Å²) in [6.07, 6.45) is 0.788. The molecule has 0 N–H and O–H groups in total. The van der Waals surface area contributed by atoms with Crippen LogP contribution in [0, 0.1) is 0 Å². The summed E-state index contributed by atoms with van der Waals surface area (Å²) >= 11 is 0. The Balaban J connectivity index is 1.67. The van der Waals surface area contributed by atoms with Crippen LogP contribution in [-0.2, 0) is 24.2 Å². The molecule has 1 aliphatic rings. The summed E-state index contributed by atoms with van der Waals surface area (Å²) in [6.45, 7) is 5.26. The number of ether oxygens (including phenoxy) is 2. The smallest absolute Gasteiger partial charge is 0.338 e. The molecular weight excluding hydrogens is 386 g/mol. The van der Waals surface area contributed by atoms with E-state index in [9.17, 15) is 4.79 Å². The largest absolute Gasteiger partial charge is 0.497 e. The van der Waals surface area contributed by atoms with Gasteiger partial charge in [0, 0.05) is 19.1 Å². The molecular formula is C27H29NO3. The van der Waals surface area contributed by atoms with Crippen LogP contribution in [0.2, 0.25) is 0 Å². The molecule has 4 heteroatoms. The Morgan fingerprint density at radius 1 is 0.968 bits per heavy atom. The Bertz CT molecular complexity index is 1040. The van der Waals surface area contributed by atoms with Gasteiger partial charge in [-0.15, -0.1) is 0 Å². The minimum absolute atomic E-state index is 0.144. The van der Waals surface area contributed by atoms with Crippen molar-refractivity contribution in [2.45, 2.75) is 45.5 Å². The number of carbonyl (C=O) groups excluding carboxylic acids is 1. The van der Waals surface area contributed by atoms with Gasteiger partial charge in [-0.25, -0.2) is 4.79 Å². The van der Waals surface area contributed by atoms with Gasteiger partial charge < -0.3 is 9.47 Å². The lowest BCUT2D eigenvalue weighted by atomic mass is 9.89. The predicted molar refractivity (Wildman–Crippen MR) is 122 cm³/mol. The monoisotopic (exact) mass is 415 g/mol. The number of carbonyl (C=O) groups is 1. The molecule has 160 valence electrons. The molecule has 0 aliphatic carbocycles. The van der Waals surface area contributed by atoms with Crippen molar-refractivity contribution < 1.29 is 14.3 Å². The maximum Gasteiger partial charge on any atom is 0.338 e. The van der Waals surface area contributed by atoms with Crippen LogP contribution in [-0.4, -0.2) is 24.1 Å². The van der Waals surface area contributed by atoms with E-state index < -0.39 is 0 Å². The average Bonchev–Trinajstić information content (AvgIpc) is 2.78. The fourth-order valence-corrected chi connectivity index (χ4v) is 4.25. The third-order valence-electron chi connectivity index (χ3n) is 5.80. The molecule has 0 unspecified atom stereocenters. The summed E-state index contributed by atoms with van der Waals surface area (Å²) in [5.74, 6) is 0.595. The number of hydrogen-bond acceptors (Lipinski definition) is 4. The molecule has 4 nitrogen and oxygen atoms in total. The van der Waals surface area contributed by atoms with Crippen molar-refractivity contribution in [1.82, 2.24) is 4.90 Å². The normalized spacial score (nSPS) is 16.1. The highest BCUT2D eigenvalue weighted by atomic mass is 16.5. The van der Waals surface area contributed by atoms with Gasteiger partial charge in [0.05, 0.1) is 18.8 Å². The molecule has 1 heterocycles. The van der Waals surface area contributed by atoms with E-state index in [2.05, 4.69) is 41.3 Å². The van der Waals surface area contributed by atoms with Crippen LogP contribution in [0.4, 0.5) is 0 Å². The van der Waals surface area contributed by atoms with Crippen LogP contribution >= 0.6 is 0 Å². The third kappa shape index (κ3) is 4.80. The Hall–Kier alpha value is -3.11.